The molecule has 0 radical (unpaired) electrons. The lowest BCUT2D eigenvalue weighted by atomic mass is 10.0. The third-order valence-electron chi connectivity index (χ3n) is 3.48. The maximum absolute atomic E-state index is 12.1. The van der Waals surface area contributed by atoms with Crippen molar-refractivity contribution in [3.8, 4) is 0 Å². The number of carbonyl (C=O) groups is 2. The molecule has 2 heterocycles. The summed E-state index contributed by atoms with van der Waals surface area (Å²) in [6, 6.07) is 0.0421. The fourth-order valence-corrected chi connectivity index (χ4v) is 2.31. The van der Waals surface area contributed by atoms with Crippen molar-refractivity contribution in [3.63, 3.8) is 0 Å². The summed E-state index contributed by atoms with van der Waals surface area (Å²) in [5.41, 5.74) is 0.534. The molecule has 7 heteroatoms. The molecule has 0 saturated carbocycles. The number of aromatic nitrogens is 1. The largest absolute Gasteiger partial charge is 0.444 e. The van der Waals surface area contributed by atoms with E-state index >= 15 is 0 Å². The lowest BCUT2D eigenvalue weighted by molar-refractivity contribution is 0.0199. The SMILES string of the molecule is Cc1nocc1C(=O)NC1CCN(C(=O)OC(C)(C)C)CC1. The lowest BCUT2D eigenvalue weighted by Crippen LogP contribution is -2.47. The van der Waals surface area contributed by atoms with E-state index in [4.69, 9.17) is 9.26 Å². The Morgan fingerprint density at radius 1 is 1.36 bits per heavy atom. The van der Waals surface area contributed by atoms with Crippen LogP contribution in [-0.2, 0) is 4.74 Å². The van der Waals surface area contributed by atoms with Gasteiger partial charge in [0.2, 0.25) is 0 Å². The number of aryl methyl sites for hydroxylation is 1. The monoisotopic (exact) mass is 309 g/mol. The van der Waals surface area contributed by atoms with E-state index < -0.39 is 5.60 Å². The molecule has 0 aromatic carbocycles. The molecule has 1 aliphatic rings. The van der Waals surface area contributed by atoms with E-state index in [9.17, 15) is 9.59 Å². The van der Waals surface area contributed by atoms with Crippen LogP contribution in [0.15, 0.2) is 10.8 Å². The fourth-order valence-electron chi connectivity index (χ4n) is 2.31. The smallest absolute Gasteiger partial charge is 0.410 e. The van der Waals surface area contributed by atoms with Gasteiger partial charge in [-0.3, -0.25) is 4.79 Å². The third kappa shape index (κ3) is 4.22. The number of nitrogens with zero attached hydrogens (tertiary/aromatic N) is 2. The molecule has 1 N–H and O–H groups in total. The average molecular weight is 309 g/mol. The summed E-state index contributed by atoms with van der Waals surface area (Å²) in [7, 11) is 0. The number of carbonyl (C=O) groups excluding carboxylic acids is 2. The molecule has 2 rings (SSSR count). The van der Waals surface area contributed by atoms with E-state index in [0.717, 1.165) is 0 Å². The summed E-state index contributed by atoms with van der Waals surface area (Å²) in [5, 5.41) is 6.65. The summed E-state index contributed by atoms with van der Waals surface area (Å²) in [6.07, 6.45) is 2.46. The quantitative estimate of drug-likeness (QED) is 0.904. The van der Waals surface area contributed by atoms with Crippen LogP contribution in [-0.4, -0.2) is 46.8 Å². The second kappa shape index (κ2) is 6.37. The number of nitrogens with one attached hydrogen (secondary N) is 1. The zero-order chi connectivity index (χ0) is 16.3. The summed E-state index contributed by atoms with van der Waals surface area (Å²) in [5.74, 6) is -0.186. The van der Waals surface area contributed by atoms with Crippen molar-refractivity contribution in [1.29, 1.82) is 0 Å². The Balaban J connectivity index is 1.81. The first-order valence-electron chi connectivity index (χ1n) is 7.46. The van der Waals surface area contributed by atoms with Gasteiger partial charge in [-0.1, -0.05) is 5.16 Å². The molecule has 0 atom stereocenters. The van der Waals surface area contributed by atoms with Gasteiger partial charge >= 0.3 is 6.09 Å². The normalized spacial score (nSPS) is 16.5. The third-order valence-corrected chi connectivity index (χ3v) is 3.48. The number of ether oxygens (including phenoxy) is 1. The highest BCUT2D eigenvalue weighted by molar-refractivity contribution is 5.94. The number of rotatable bonds is 2. The van der Waals surface area contributed by atoms with Gasteiger partial charge in [-0.25, -0.2) is 4.79 Å². The van der Waals surface area contributed by atoms with Gasteiger partial charge in [-0.15, -0.1) is 0 Å². The van der Waals surface area contributed by atoms with Gasteiger partial charge < -0.3 is 19.5 Å². The molecule has 1 saturated heterocycles. The average Bonchev–Trinajstić information content (AvgIpc) is 2.84. The molecule has 2 amide bonds. The standard InChI is InChI=1S/C15H23N3O4/c1-10-12(9-21-17-10)13(19)16-11-5-7-18(8-6-11)14(20)22-15(2,3)4/h9,11H,5-8H2,1-4H3,(H,16,19). The molecular formula is C15H23N3O4. The Bertz CT molecular complexity index is 539. The Kier molecular flexibility index (Phi) is 4.73. The number of amides is 2. The lowest BCUT2D eigenvalue weighted by Gasteiger charge is -2.33. The van der Waals surface area contributed by atoms with Crippen LogP contribution < -0.4 is 5.32 Å². The van der Waals surface area contributed by atoms with Crippen molar-refractivity contribution in [2.75, 3.05) is 13.1 Å². The molecule has 122 valence electrons. The second-order valence-corrected chi connectivity index (χ2v) is 6.53. The van der Waals surface area contributed by atoms with E-state index in [1.165, 1.54) is 6.26 Å². The maximum Gasteiger partial charge on any atom is 0.410 e. The Labute approximate surface area is 130 Å². The van der Waals surface area contributed by atoms with E-state index in [1.807, 2.05) is 20.8 Å². The Morgan fingerprint density at radius 3 is 2.50 bits per heavy atom. The van der Waals surface area contributed by atoms with Crippen molar-refractivity contribution >= 4 is 12.0 Å². The molecule has 1 aliphatic heterocycles. The molecule has 0 aliphatic carbocycles. The molecule has 1 aromatic rings. The molecular weight excluding hydrogens is 286 g/mol. The van der Waals surface area contributed by atoms with Crippen molar-refractivity contribution in [3.05, 3.63) is 17.5 Å². The highest BCUT2D eigenvalue weighted by atomic mass is 16.6. The van der Waals surface area contributed by atoms with Gasteiger partial charge in [0.1, 0.15) is 17.4 Å². The molecule has 0 spiro atoms. The molecule has 1 fully saturated rings. The second-order valence-electron chi connectivity index (χ2n) is 6.53. The predicted molar refractivity (Wildman–Crippen MR) is 79.5 cm³/mol. The zero-order valence-corrected chi connectivity index (χ0v) is 13.5. The van der Waals surface area contributed by atoms with Gasteiger partial charge in [0.15, 0.2) is 0 Å². The zero-order valence-electron chi connectivity index (χ0n) is 13.5. The molecule has 22 heavy (non-hydrogen) atoms. The van der Waals surface area contributed by atoms with E-state index in [1.54, 1.807) is 11.8 Å². The summed E-state index contributed by atoms with van der Waals surface area (Å²) >= 11 is 0. The molecule has 0 unspecified atom stereocenters. The van der Waals surface area contributed by atoms with Gasteiger partial charge in [-0.05, 0) is 40.5 Å². The van der Waals surface area contributed by atoms with Crippen LogP contribution in [0.1, 0.15) is 49.7 Å². The van der Waals surface area contributed by atoms with Crippen molar-refractivity contribution in [2.45, 2.75) is 52.2 Å². The predicted octanol–water partition coefficient (Wildman–Crippen LogP) is 2.11. The highest BCUT2D eigenvalue weighted by Crippen LogP contribution is 2.16. The minimum absolute atomic E-state index is 0.0421. The van der Waals surface area contributed by atoms with Crippen LogP contribution in [0.25, 0.3) is 0 Å². The number of likely N-dealkylation sites (tertiary alicyclic amines) is 1. The molecule has 0 bridgehead atoms. The van der Waals surface area contributed by atoms with E-state index in [-0.39, 0.29) is 18.0 Å². The van der Waals surface area contributed by atoms with Crippen LogP contribution in [0.4, 0.5) is 4.79 Å². The first kappa shape index (κ1) is 16.3. The van der Waals surface area contributed by atoms with Crippen LogP contribution >= 0.6 is 0 Å². The first-order chi connectivity index (χ1) is 10.3. The van der Waals surface area contributed by atoms with Crippen molar-refractivity contribution in [2.24, 2.45) is 0 Å². The number of hydrogen-bond donors (Lipinski definition) is 1. The van der Waals surface area contributed by atoms with Crippen LogP contribution in [0.3, 0.4) is 0 Å². The maximum atomic E-state index is 12.1. The summed E-state index contributed by atoms with van der Waals surface area (Å²) < 4.78 is 10.1. The van der Waals surface area contributed by atoms with Crippen molar-refractivity contribution in [1.82, 2.24) is 15.4 Å². The summed E-state index contributed by atoms with van der Waals surface area (Å²) in [4.78, 5) is 25.7. The van der Waals surface area contributed by atoms with E-state index in [2.05, 4.69) is 10.5 Å². The van der Waals surface area contributed by atoms with Crippen LogP contribution in [0.2, 0.25) is 0 Å². The van der Waals surface area contributed by atoms with Crippen LogP contribution in [0, 0.1) is 6.92 Å². The Hall–Kier alpha value is -2.05. The molecule has 1 aromatic heterocycles. The number of hydrogen-bond acceptors (Lipinski definition) is 5. The fraction of sp³-hybridized carbons (Fsp3) is 0.667. The highest BCUT2D eigenvalue weighted by Gasteiger charge is 2.28. The number of piperidine rings is 1. The van der Waals surface area contributed by atoms with Gasteiger partial charge in [0.05, 0.1) is 5.69 Å². The topological polar surface area (TPSA) is 84.7 Å². The molecule has 7 nitrogen and oxygen atoms in total. The van der Waals surface area contributed by atoms with Gasteiger partial charge in [0.25, 0.3) is 5.91 Å². The minimum Gasteiger partial charge on any atom is -0.444 e. The summed E-state index contributed by atoms with van der Waals surface area (Å²) in [6.45, 7) is 8.41. The van der Waals surface area contributed by atoms with Gasteiger partial charge in [-0.2, -0.15) is 0 Å². The Morgan fingerprint density at radius 2 is 2.00 bits per heavy atom. The van der Waals surface area contributed by atoms with Gasteiger partial charge in [0, 0.05) is 19.1 Å². The first-order valence-corrected chi connectivity index (χ1v) is 7.46. The van der Waals surface area contributed by atoms with Crippen molar-refractivity contribution < 1.29 is 18.8 Å². The van der Waals surface area contributed by atoms with E-state index in [0.29, 0.717) is 37.2 Å². The van der Waals surface area contributed by atoms with Crippen LogP contribution in [0.5, 0.6) is 0 Å². The minimum atomic E-state index is -0.492.